The summed E-state index contributed by atoms with van der Waals surface area (Å²) in [7, 11) is 0. The number of likely N-dealkylation sites (tertiary alicyclic amines) is 1. The maximum absolute atomic E-state index is 12.4. The van der Waals surface area contributed by atoms with Gasteiger partial charge in [0.05, 0.1) is 5.92 Å². The van der Waals surface area contributed by atoms with Crippen molar-refractivity contribution in [1.82, 2.24) is 4.90 Å². The van der Waals surface area contributed by atoms with Gasteiger partial charge in [-0.25, -0.2) is 0 Å². The zero-order chi connectivity index (χ0) is 15.6. The Morgan fingerprint density at radius 3 is 2.71 bits per heavy atom. The van der Waals surface area contributed by atoms with Crippen molar-refractivity contribution in [1.29, 1.82) is 0 Å². The van der Waals surface area contributed by atoms with Crippen molar-refractivity contribution in [2.24, 2.45) is 5.92 Å². The molecular weight excluding hydrogens is 270 g/mol. The van der Waals surface area contributed by atoms with E-state index in [0.29, 0.717) is 18.7 Å². The molecule has 1 fully saturated rings. The number of benzene rings is 1. The van der Waals surface area contributed by atoms with E-state index >= 15 is 0 Å². The zero-order valence-corrected chi connectivity index (χ0v) is 12.6. The van der Waals surface area contributed by atoms with E-state index in [0.717, 1.165) is 5.56 Å². The minimum atomic E-state index is -0.843. The number of aliphatic carboxylic acids is 1. The van der Waals surface area contributed by atoms with Crippen LogP contribution in [0.4, 0.5) is 0 Å². The molecule has 2 rings (SSSR count). The van der Waals surface area contributed by atoms with Crippen molar-refractivity contribution >= 4 is 11.9 Å². The topological polar surface area (TPSA) is 66.8 Å². The predicted octanol–water partition coefficient (Wildman–Crippen LogP) is 2.08. The molecule has 1 aromatic carbocycles. The maximum atomic E-state index is 12.4. The standard InChI is InChI=1S/C16H21NO4/c1-10-5-4-6-13(9-10)21-12(3)15(18)17-8-7-14(11(17)2)16(19)20/h4-6,9,11-12,14H,7-8H2,1-3H3,(H,19,20). The van der Waals surface area contributed by atoms with Crippen molar-refractivity contribution < 1.29 is 19.4 Å². The van der Waals surface area contributed by atoms with Crippen molar-refractivity contribution in [2.75, 3.05) is 6.54 Å². The number of hydrogen-bond donors (Lipinski definition) is 1. The number of amides is 1. The second-order valence-electron chi connectivity index (χ2n) is 5.58. The summed E-state index contributed by atoms with van der Waals surface area (Å²) in [5, 5.41) is 9.12. The first-order valence-corrected chi connectivity index (χ1v) is 7.16. The molecule has 1 N–H and O–H groups in total. The molecule has 1 amide bonds. The second kappa shape index (κ2) is 6.16. The van der Waals surface area contributed by atoms with Gasteiger partial charge in [-0.05, 0) is 44.9 Å². The molecule has 1 aliphatic heterocycles. The van der Waals surface area contributed by atoms with Crippen molar-refractivity contribution in [3.05, 3.63) is 29.8 Å². The van der Waals surface area contributed by atoms with Crippen LogP contribution in [0.3, 0.4) is 0 Å². The molecule has 0 bridgehead atoms. The van der Waals surface area contributed by atoms with Crippen LogP contribution >= 0.6 is 0 Å². The average Bonchev–Trinajstić information content (AvgIpc) is 2.79. The zero-order valence-electron chi connectivity index (χ0n) is 12.6. The van der Waals surface area contributed by atoms with Crippen LogP contribution in [-0.4, -0.2) is 40.6 Å². The third kappa shape index (κ3) is 3.35. The number of carbonyl (C=O) groups is 2. The lowest BCUT2D eigenvalue weighted by Gasteiger charge is -2.26. The highest BCUT2D eigenvalue weighted by Crippen LogP contribution is 2.25. The second-order valence-corrected chi connectivity index (χ2v) is 5.58. The molecule has 3 atom stereocenters. The van der Waals surface area contributed by atoms with Crippen LogP contribution in [0, 0.1) is 12.8 Å². The number of ether oxygens (including phenoxy) is 1. The summed E-state index contributed by atoms with van der Waals surface area (Å²) in [6.07, 6.45) is -0.124. The van der Waals surface area contributed by atoms with E-state index in [1.165, 1.54) is 0 Å². The molecule has 0 aliphatic carbocycles. The molecule has 5 heteroatoms. The monoisotopic (exact) mass is 291 g/mol. The number of carboxylic acids is 1. The van der Waals surface area contributed by atoms with Gasteiger partial charge in [0.25, 0.3) is 5.91 Å². The van der Waals surface area contributed by atoms with Crippen LogP contribution in [0.2, 0.25) is 0 Å². The quantitative estimate of drug-likeness (QED) is 0.922. The van der Waals surface area contributed by atoms with Crippen LogP contribution in [0.15, 0.2) is 24.3 Å². The molecule has 1 aromatic rings. The summed E-state index contributed by atoms with van der Waals surface area (Å²) in [6.45, 7) is 5.91. The highest BCUT2D eigenvalue weighted by atomic mass is 16.5. The third-order valence-corrected chi connectivity index (χ3v) is 4.01. The lowest BCUT2D eigenvalue weighted by atomic mass is 10.0. The van der Waals surface area contributed by atoms with E-state index < -0.39 is 18.0 Å². The Balaban J connectivity index is 2.01. The molecule has 1 saturated heterocycles. The van der Waals surface area contributed by atoms with Crippen molar-refractivity contribution in [2.45, 2.75) is 39.3 Å². The van der Waals surface area contributed by atoms with Gasteiger partial charge in [0.15, 0.2) is 6.10 Å². The number of carbonyl (C=O) groups excluding carboxylic acids is 1. The van der Waals surface area contributed by atoms with Crippen LogP contribution < -0.4 is 4.74 Å². The number of nitrogens with zero attached hydrogens (tertiary/aromatic N) is 1. The van der Waals surface area contributed by atoms with Gasteiger partial charge in [-0.2, -0.15) is 0 Å². The van der Waals surface area contributed by atoms with Crippen LogP contribution in [0.1, 0.15) is 25.8 Å². The summed E-state index contributed by atoms with van der Waals surface area (Å²) < 4.78 is 5.67. The van der Waals surface area contributed by atoms with Crippen molar-refractivity contribution in [3.8, 4) is 5.75 Å². The molecule has 3 unspecified atom stereocenters. The molecule has 1 aliphatic rings. The summed E-state index contributed by atoms with van der Waals surface area (Å²) in [6, 6.07) is 7.22. The average molecular weight is 291 g/mol. The van der Waals surface area contributed by atoms with Gasteiger partial charge in [-0.1, -0.05) is 12.1 Å². The molecular formula is C16H21NO4. The molecule has 0 spiro atoms. The Kier molecular flexibility index (Phi) is 4.50. The summed E-state index contributed by atoms with van der Waals surface area (Å²) in [5.41, 5.74) is 1.06. The summed E-state index contributed by atoms with van der Waals surface area (Å²) in [4.78, 5) is 25.1. The predicted molar refractivity (Wildman–Crippen MR) is 78.2 cm³/mol. The fourth-order valence-electron chi connectivity index (χ4n) is 2.76. The van der Waals surface area contributed by atoms with Gasteiger partial charge in [0, 0.05) is 12.6 Å². The molecule has 114 valence electrons. The lowest BCUT2D eigenvalue weighted by molar-refractivity contribution is -0.144. The summed E-state index contributed by atoms with van der Waals surface area (Å²) >= 11 is 0. The SMILES string of the molecule is Cc1cccc(OC(C)C(=O)N2CCC(C(=O)O)C2C)c1. The number of hydrogen-bond acceptors (Lipinski definition) is 3. The van der Waals surface area contributed by atoms with Crippen LogP contribution in [0.25, 0.3) is 0 Å². The molecule has 0 aromatic heterocycles. The fourth-order valence-corrected chi connectivity index (χ4v) is 2.76. The first kappa shape index (κ1) is 15.4. The van der Waals surface area contributed by atoms with Gasteiger partial charge >= 0.3 is 5.97 Å². The van der Waals surface area contributed by atoms with Crippen molar-refractivity contribution in [3.63, 3.8) is 0 Å². The normalized spacial score (nSPS) is 22.9. The minimum absolute atomic E-state index is 0.159. The summed E-state index contributed by atoms with van der Waals surface area (Å²) in [5.74, 6) is -0.838. The van der Waals surface area contributed by atoms with Gasteiger partial charge in [0.1, 0.15) is 5.75 Å². The maximum Gasteiger partial charge on any atom is 0.308 e. The van der Waals surface area contributed by atoms with E-state index in [2.05, 4.69) is 0 Å². The first-order chi connectivity index (χ1) is 9.90. The molecule has 0 saturated carbocycles. The number of carboxylic acid groups (broad SMARTS) is 1. The molecule has 5 nitrogen and oxygen atoms in total. The molecule has 0 radical (unpaired) electrons. The molecule has 1 heterocycles. The highest BCUT2D eigenvalue weighted by Gasteiger charge is 2.39. The van der Waals surface area contributed by atoms with E-state index in [1.807, 2.05) is 31.2 Å². The Morgan fingerprint density at radius 2 is 2.14 bits per heavy atom. The smallest absolute Gasteiger partial charge is 0.308 e. The number of rotatable bonds is 4. The Labute approximate surface area is 124 Å². The number of aryl methyl sites for hydroxylation is 1. The van der Waals surface area contributed by atoms with Gasteiger partial charge in [0.2, 0.25) is 0 Å². The highest BCUT2D eigenvalue weighted by molar-refractivity contribution is 5.83. The van der Waals surface area contributed by atoms with E-state index in [-0.39, 0.29) is 11.9 Å². The van der Waals surface area contributed by atoms with Gasteiger partial charge in [-0.15, -0.1) is 0 Å². The van der Waals surface area contributed by atoms with Crippen LogP contribution in [0.5, 0.6) is 5.75 Å². The Bertz CT molecular complexity index is 543. The minimum Gasteiger partial charge on any atom is -0.481 e. The van der Waals surface area contributed by atoms with Crippen LogP contribution in [-0.2, 0) is 9.59 Å². The Hall–Kier alpha value is -2.04. The third-order valence-electron chi connectivity index (χ3n) is 4.01. The van der Waals surface area contributed by atoms with Gasteiger partial charge in [-0.3, -0.25) is 9.59 Å². The first-order valence-electron chi connectivity index (χ1n) is 7.16. The largest absolute Gasteiger partial charge is 0.481 e. The van der Waals surface area contributed by atoms with E-state index in [4.69, 9.17) is 9.84 Å². The molecule has 21 heavy (non-hydrogen) atoms. The lowest BCUT2D eigenvalue weighted by Crippen LogP contribution is -2.44. The van der Waals surface area contributed by atoms with Gasteiger partial charge < -0.3 is 14.7 Å². The van der Waals surface area contributed by atoms with E-state index in [9.17, 15) is 9.59 Å². The van der Waals surface area contributed by atoms with E-state index in [1.54, 1.807) is 18.7 Å². The fraction of sp³-hybridized carbons (Fsp3) is 0.500. The Morgan fingerprint density at radius 1 is 1.43 bits per heavy atom.